The number of nitrogens with zero attached hydrogens (tertiary/aromatic N) is 3. The SMILES string of the molecule is CCNc1ccc(Cl)c(CN2CCN(C)C(CC)C2)n1. The van der Waals surface area contributed by atoms with Crippen LogP contribution >= 0.6 is 11.6 Å². The van der Waals surface area contributed by atoms with E-state index < -0.39 is 0 Å². The lowest BCUT2D eigenvalue weighted by Crippen LogP contribution is -2.50. The van der Waals surface area contributed by atoms with E-state index in [4.69, 9.17) is 11.6 Å². The fraction of sp³-hybridized carbons (Fsp3) is 0.667. The van der Waals surface area contributed by atoms with Crippen molar-refractivity contribution < 1.29 is 0 Å². The fourth-order valence-corrected chi connectivity index (χ4v) is 2.85. The zero-order chi connectivity index (χ0) is 14.5. The summed E-state index contributed by atoms with van der Waals surface area (Å²) in [6, 6.07) is 4.52. The van der Waals surface area contributed by atoms with Gasteiger partial charge in [0.15, 0.2) is 0 Å². The minimum absolute atomic E-state index is 0.638. The van der Waals surface area contributed by atoms with Crippen LogP contribution in [0.2, 0.25) is 5.02 Å². The Morgan fingerprint density at radius 1 is 1.35 bits per heavy atom. The lowest BCUT2D eigenvalue weighted by atomic mass is 10.1. The highest BCUT2D eigenvalue weighted by molar-refractivity contribution is 6.31. The van der Waals surface area contributed by atoms with Crippen molar-refractivity contribution in [2.24, 2.45) is 0 Å². The third kappa shape index (κ3) is 3.84. The molecule has 1 aromatic rings. The van der Waals surface area contributed by atoms with Gasteiger partial charge in [-0.2, -0.15) is 0 Å². The van der Waals surface area contributed by atoms with Gasteiger partial charge in [0, 0.05) is 38.8 Å². The van der Waals surface area contributed by atoms with Crippen molar-refractivity contribution in [3.8, 4) is 0 Å². The van der Waals surface area contributed by atoms with Crippen LogP contribution in [0.4, 0.5) is 5.82 Å². The van der Waals surface area contributed by atoms with Gasteiger partial charge in [0.25, 0.3) is 0 Å². The molecule has 1 aliphatic rings. The van der Waals surface area contributed by atoms with Crippen molar-refractivity contribution >= 4 is 17.4 Å². The van der Waals surface area contributed by atoms with E-state index in [-0.39, 0.29) is 0 Å². The van der Waals surface area contributed by atoms with Crippen LogP contribution in [0.3, 0.4) is 0 Å². The number of likely N-dealkylation sites (N-methyl/N-ethyl adjacent to an activating group) is 1. The number of piperazine rings is 1. The summed E-state index contributed by atoms with van der Waals surface area (Å²) in [5.41, 5.74) is 0.976. The van der Waals surface area contributed by atoms with Crippen molar-refractivity contribution in [1.29, 1.82) is 0 Å². The van der Waals surface area contributed by atoms with Gasteiger partial charge in [0.2, 0.25) is 0 Å². The molecule has 0 radical (unpaired) electrons. The Hall–Kier alpha value is -0.840. The highest BCUT2D eigenvalue weighted by Gasteiger charge is 2.23. The molecule has 1 saturated heterocycles. The molecule has 0 spiro atoms. The second-order valence-corrected chi connectivity index (χ2v) is 5.84. The second kappa shape index (κ2) is 7.25. The molecule has 4 nitrogen and oxygen atoms in total. The van der Waals surface area contributed by atoms with Crippen LogP contribution in [0.5, 0.6) is 0 Å². The van der Waals surface area contributed by atoms with E-state index in [1.807, 2.05) is 12.1 Å². The van der Waals surface area contributed by atoms with Gasteiger partial charge in [-0.05, 0) is 32.5 Å². The lowest BCUT2D eigenvalue weighted by molar-refractivity contribution is 0.0876. The zero-order valence-electron chi connectivity index (χ0n) is 12.7. The second-order valence-electron chi connectivity index (χ2n) is 5.43. The van der Waals surface area contributed by atoms with Gasteiger partial charge >= 0.3 is 0 Å². The Morgan fingerprint density at radius 3 is 2.85 bits per heavy atom. The number of anilines is 1. The number of pyridine rings is 1. The third-order valence-electron chi connectivity index (χ3n) is 3.98. The van der Waals surface area contributed by atoms with Crippen LogP contribution < -0.4 is 5.32 Å². The summed E-state index contributed by atoms with van der Waals surface area (Å²) in [5, 5.41) is 4.01. The van der Waals surface area contributed by atoms with Crippen LogP contribution in [-0.4, -0.2) is 54.1 Å². The van der Waals surface area contributed by atoms with Gasteiger partial charge < -0.3 is 10.2 Å². The van der Waals surface area contributed by atoms with Gasteiger partial charge in [-0.15, -0.1) is 0 Å². The summed E-state index contributed by atoms with van der Waals surface area (Å²) in [7, 11) is 2.21. The summed E-state index contributed by atoms with van der Waals surface area (Å²) >= 11 is 6.29. The van der Waals surface area contributed by atoms with E-state index in [2.05, 4.69) is 41.0 Å². The first-order chi connectivity index (χ1) is 9.63. The quantitative estimate of drug-likeness (QED) is 0.905. The van der Waals surface area contributed by atoms with E-state index in [0.29, 0.717) is 6.04 Å². The van der Waals surface area contributed by atoms with Gasteiger partial charge in [-0.25, -0.2) is 4.98 Å². The van der Waals surface area contributed by atoms with E-state index in [1.165, 1.54) is 6.42 Å². The number of nitrogens with one attached hydrogen (secondary N) is 1. The first-order valence-electron chi connectivity index (χ1n) is 7.46. The molecule has 1 fully saturated rings. The topological polar surface area (TPSA) is 31.4 Å². The lowest BCUT2D eigenvalue weighted by Gasteiger charge is -2.39. The number of halogens is 1. The predicted octanol–water partition coefficient (Wildman–Crippen LogP) is 2.69. The van der Waals surface area contributed by atoms with Crippen LogP contribution in [-0.2, 0) is 6.54 Å². The standard InChI is InChI=1S/C15H25ClN4/c1-4-12-10-20(9-8-19(12)3)11-14-13(16)6-7-15(18-14)17-5-2/h6-7,12H,4-5,8-11H2,1-3H3,(H,17,18). The first-order valence-corrected chi connectivity index (χ1v) is 7.83. The van der Waals surface area contributed by atoms with Crippen molar-refractivity contribution in [2.45, 2.75) is 32.9 Å². The molecule has 1 aliphatic heterocycles. The molecule has 5 heteroatoms. The van der Waals surface area contributed by atoms with Crippen LogP contribution in [0.1, 0.15) is 26.0 Å². The molecule has 1 N–H and O–H groups in total. The monoisotopic (exact) mass is 296 g/mol. The average molecular weight is 297 g/mol. The molecular formula is C15H25ClN4. The summed E-state index contributed by atoms with van der Waals surface area (Å²) < 4.78 is 0. The Labute approximate surface area is 127 Å². The summed E-state index contributed by atoms with van der Waals surface area (Å²) in [5.74, 6) is 0.910. The fourth-order valence-electron chi connectivity index (χ4n) is 2.68. The van der Waals surface area contributed by atoms with Crippen molar-refractivity contribution in [1.82, 2.24) is 14.8 Å². The van der Waals surface area contributed by atoms with Crippen LogP contribution in [0, 0.1) is 0 Å². The molecule has 2 rings (SSSR count). The van der Waals surface area contributed by atoms with Crippen LogP contribution in [0.25, 0.3) is 0 Å². The molecule has 0 saturated carbocycles. The van der Waals surface area contributed by atoms with Gasteiger partial charge in [-0.3, -0.25) is 4.90 Å². The van der Waals surface area contributed by atoms with E-state index >= 15 is 0 Å². The van der Waals surface area contributed by atoms with E-state index in [9.17, 15) is 0 Å². The first kappa shape index (κ1) is 15.5. The Kier molecular flexibility index (Phi) is 5.64. The number of rotatable bonds is 5. The van der Waals surface area contributed by atoms with E-state index in [0.717, 1.165) is 49.3 Å². The van der Waals surface area contributed by atoms with Gasteiger partial charge in [0.1, 0.15) is 5.82 Å². The molecule has 20 heavy (non-hydrogen) atoms. The molecule has 1 atom stereocenters. The minimum Gasteiger partial charge on any atom is -0.370 e. The third-order valence-corrected chi connectivity index (χ3v) is 4.33. The molecule has 112 valence electrons. The molecule has 2 heterocycles. The average Bonchev–Trinajstić information content (AvgIpc) is 2.45. The maximum atomic E-state index is 6.29. The predicted molar refractivity (Wildman–Crippen MR) is 85.4 cm³/mol. The molecule has 0 bridgehead atoms. The summed E-state index contributed by atoms with van der Waals surface area (Å²) in [6.07, 6.45) is 1.19. The molecule has 1 aromatic heterocycles. The van der Waals surface area contributed by atoms with Crippen molar-refractivity contribution in [2.75, 3.05) is 38.5 Å². The van der Waals surface area contributed by atoms with Crippen molar-refractivity contribution in [3.05, 3.63) is 22.8 Å². The minimum atomic E-state index is 0.638. The Bertz CT molecular complexity index is 438. The van der Waals surface area contributed by atoms with Gasteiger partial charge in [-0.1, -0.05) is 18.5 Å². The summed E-state index contributed by atoms with van der Waals surface area (Å²) in [6.45, 7) is 9.32. The van der Waals surface area contributed by atoms with Crippen LogP contribution in [0.15, 0.2) is 12.1 Å². The number of hydrogen-bond donors (Lipinski definition) is 1. The Balaban J connectivity index is 2.04. The maximum Gasteiger partial charge on any atom is 0.126 e. The summed E-state index contributed by atoms with van der Waals surface area (Å²) in [4.78, 5) is 9.53. The molecule has 0 aliphatic carbocycles. The molecule has 1 unspecified atom stereocenters. The molecular weight excluding hydrogens is 272 g/mol. The number of hydrogen-bond acceptors (Lipinski definition) is 4. The number of aromatic nitrogens is 1. The van der Waals surface area contributed by atoms with Crippen molar-refractivity contribution in [3.63, 3.8) is 0 Å². The highest BCUT2D eigenvalue weighted by Crippen LogP contribution is 2.20. The highest BCUT2D eigenvalue weighted by atomic mass is 35.5. The zero-order valence-corrected chi connectivity index (χ0v) is 13.5. The maximum absolute atomic E-state index is 6.29. The molecule has 0 aromatic carbocycles. The normalized spacial score (nSPS) is 21.1. The van der Waals surface area contributed by atoms with Gasteiger partial charge in [0.05, 0.1) is 10.7 Å². The smallest absolute Gasteiger partial charge is 0.126 e. The molecule has 0 amide bonds. The Morgan fingerprint density at radius 2 is 2.15 bits per heavy atom. The van der Waals surface area contributed by atoms with E-state index in [1.54, 1.807) is 0 Å². The largest absolute Gasteiger partial charge is 0.370 e.